The predicted molar refractivity (Wildman–Crippen MR) is 65.1 cm³/mol. The average Bonchev–Trinajstić information content (AvgIpc) is 2.43. The second kappa shape index (κ2) is 12.0. The van der Waals surface area contributed by atoms with E-state index in [0.29, 0.717) is 0 Å². The van der Waals surface area contributed by atoms with Crippen molar-refractivity contribution in [1.82, 2.24) is 9.80 Å². The number of nitrogens with zero attached hydrogens (tertiary/aromatic N) is 6. The van der Waals surface area contributed by atoms with E-state index in [1.807, 2.05) is 24.3 Å². The molecule has 0 N–H and O–H groups in total. The van der Waals surface area contributed by atoms with Gasteiger partial charge in [0, 0.05) is 4.57 Å². The molecule has 0 saturated carbocycles. The number of rotatable bonds is 10. The van der Waals surface area contributed by atoms with Crippen LogP contribution in [-0.4, -0.2) is 49.4 Å². The zero-order chi connectivity index (χ0) is 15.2. The summed E-state index contributed by atoms with van der Waals surface area (Å²) < 4.78 is 21.1. The summed E-state index contributed by atoms with van der Waals surface area (Å²) in [5, 5.41) is 34.0. The van der Waals surface area contributed by atoms with Crippen LogP contribution in [0.2, 0.25) is 0 Å². The molecule has 0 rings (SSSR count). The van der Waals surface area contributed by atoms with Crippen molar-refractivity contribution < 1.29 is 13.6 Å². The molecular weight excluding hydrogens is 283 g/mol. The van der Waals surface area contributed by atoms with E-state index in [0.717, 1.165) is 0 Å². The van der Waals surface area contributed by atoms with Crippen LogP contribution in [0.15, 0.2) is 0 Å². The summed E-state index contributed by atoms with van der Waals surface area (Å²) >= 11 is 0. The summed E-state index contributed by atoms with van der Waals surface area (Å²) in [7, 11) is -2.46. The average molecular weight is 295 g/mol. The molecule has 0 aromatic heterocycles. The van der Waals surface area contributed by atoms with Crippen molar-refractivity contribution in [3.05, 3.63) is 0 Å². The molecule has 0 spiro atoms. The maximum Gasteiger partial charge on any atom is 0.700 e. The van der Waals surface area contributed by atoms with Gasteiger partial charge in [0.05, 0.1) is 50.5 Å². The molecule has 0 saturated heterocycles. The molecule has 0 fully saturated rings. The summed E-state index contributed by atoms with van der Waals surface area (Å²) in [6, 6.07) is 7.36. The Kier molecular flexibility index (Phi) is 10.7. The first-order valence-corrected chi connectivity index (χ1v) is 6.43. The van der Waals surface area contributed by atoms with E-state index >= 15 is 0 Å². The van der Waals surface area contributed by atoms with Gasteiger partial charge in [-0.15, -0.1) is 9.05 Å². The third kappa shape index (κ3) is 8.91. The highest BCUT2D eigenvalue weighted by Crippen LogP contribution is 2.23. The second-order valence-electron chi connectivity index (χ2n) is 3.35. The van der Waals surface area contributed by atoms with Gasteiger partial charge in [0.1, 0.15) is 0 Å². The van der Waals surface area contributed by atoms with Crippen LogP contribution in [0, 0.1) is 45.3 Å². The van der Waals surface area contributed by atoms with Gasteiger partial charge in [-0.05, 0) is 0 Å². The molecule has 0 aromatic rings. The SMILES string of the molecule is N#CCN(CC#N)CO[P+](=O)OCN(CC#N)CC#N. The van der Waals surface area contributed by atoms with Crippen LogP contribution < -0.4 is 0 Å². The molecule has 0 aliphatic rings. The van der Waals surface area contributed by atoms with E-state index in [2.05, 4.69) is 0 Å². The molecule has 0 aromatic carbocycles. The molecule has 9 nitrogen and oxygen atoms in total. The van der Waals surface area contributed by atoms with Gasteiger partial charge in [-0.3, -0.25) is 0 Å². The van der Waals surface area contributed by atoms with Crippen LogP contribution in [0.5, 0.6) is 0 Å². The third-order valence-corrected chi connectivity index (χ3v) is 2.52. The van der Waals surface area contributed by atoms with Gasteiger partial charge in [0.25, 0.3) is 0 Å². The minimum atomic E-state index is -2.46. The summed E-state index contributed by atoms with van der Waals surface area (Å²) in [5.74, 6) is 0. The molecule has 0 heterocycles. The lowest BCUT2D eigenvalue weighted by atomic mass is 10.5. The number of hydrogen-bond donors (Lipinski definition) is 0. The predicted octanol–water partition coefficient (Wildman–Crippen LogP) is 0.290. The third-order valence-electron chi connectivity index (χ3n) is 1.87. The lowest BCUT2D eigenvalue weighted by Crippen LogP contribution is -2.27. The molecule has 0 aliphatic heterocycles. The van der Waals surface area contributed by atoms with Crippen molar-refractivity contribution >= 4 is 8.25 Å². The summed E-state index contributed by atoms with van der Waals surface area (Å²) in [4.78, 5) is 2.66. The largest absolute Gasteiger partial charge is 0.700 e. The van der Waals surface area contributed by atoms with Gasteiger partial charge < -0.3 is 0 Å². The molecule has 20 heavy (non-hydrogen) atoms. The topological polar surface area (TPSA) is 137 Å². The maximum absolute atomic E-state index is 11.4. The zero-order valence-electron chi connectivity index (χ0n) is 10.6. The Morgan fingerprint density at radius 1 is 0.750 bits per heavy atom. The summed E-state index contributed by atoms with van der Waals surface area (Å²) in [6.07, 6.45) is 0. The Bertz CT molecular complexity index is 397. The molecule has 0 unspecified atom stereocenters. The van der Waals surface area contributed by atoms with E-state index in [9.17, 15) is 4.57 Å². The van der Waals surface area contributed by atoms with Gasteiger partial charge in [0.15, 0.2) is 13.5 Å². The molecule has 0 radical (unpaired) electrons. The molecular formula is C10H12N6O3P+. The highest BCUT2D eigenvalue weighted by Gasteiger charge is 2.23. The molecule has 10 heteroatoms. The lowest BCUT2D eigenvalue weighted by molar-refractivity contribution is 0.101. The zero-order valence-corrected chi connectivity index (χ0v) is 11.5. The summed E-state index contributed by atoms with van der Waals surface area (Å²) in [5.41, 5.74) is 0. The van der Waals surface area contributed by atoms with Crippen LogP contribution in [0.1, 0.15) is 0 Å². The fourth-order valence-electron chi connectivity index (χ4n) is 0.989. The lowest BCUT2D eigenvalue weighted by Gasteiger charge is -2.11. The minimum Gasteiger partial charge on any atom is -0.250 e. The Hall–Kier alpha value is -2.10. The van der Waals surface area contributed by atoms with E-state index in [1.165, 1.54) is 9.80 Å². The van der Waals surface area contributed by atoms with Gasteiger partial charge in [0.2, 0.25) is 0 Å². The number of nitriles is 4. The maximum atomic E-state index is 11.4. The van der Waals surface area contributed by atoms with Gasteiger partial charge in [-0.25, -0.2) is 9.80 Å². The fourth-order valence-corrected chi connectivity index (χ4v) is 1.58. The fraction of sp³-hybridized carbons (Fsp3) is 0.600. The van der Waals surface area contributed by atoms with Crippen molar-refractivity contribution in [2.45, 2.75) is 0 Å². The van der Waals surface area contributed by atoms with E-state index in [4.69, 9.17) is 30.1 Å². The van der Waals surface area contributed by atoms with Crippen LogP contribution >= 0.6 is 8.25 Å². The first-order chi connectivity index (χ1) is 9.67. The van der Waals surface area contributed by atoms with Crippen molar-refractivity contribution in [1.29, 1.82) is 21.0 Å². The highest BCUT2D eigenvalue weighted by atomic mass is 31.1. The smallest absolute Gasteiger partial charge is 0.250 e. The van der Waals surface area contributed by atoms with Crippen molar-refractivity contribution in [3.63, 3.8) is 0 Å². The number of hydrogen-bond acceptors (Lipinski definition) is 9. The molecule has 0 atom stereocenters. The van der Waals surface area contributed by atoms with E-state index in [-0.39, 0.29) is 39.6 Å². The Balaban J connectivity index is 4.04. The first kappa shape index (κ1) is 17.9. The first-order valence-electron chi connectivity index (χ1n) is 5.33. The molecule has 0 aliphatic carbocycles. The monoisotopic (exact) mass is 295 g/mol. The summed E-state index contributed by atoms with van der Waals surface area (Å²) in [6.45, 7) is -0.519. The molecule has 104 valence electrons. The Morgan fingerprint density at radius 3 is 1.30 bits per heavy atom. The van der Waals surface area contributed by atoms with Crippen molar-refractivity contribution in [3.8, 4) is 24.3 Å². The highest BCUT2D eigenvalue weighted by molar-refractivity contribution is 7.33. The Labute approximate surface area is 117 Å². The standard InChI is InChI=1S/C10H12N6O3P/c11-1-5-15(6-2-12)9-18-20(17)19-10-16(7-3-13)8-4-14/h5-10H2/q+1. The van der Waals surface area contributed by atoms with E-state index in [1.54, 1.807) is 0 Å². The molecule has 0 bridgehead atoms. The van der Waals surface area contributed by atoms with Crippen LogP contribution in [-0.2, 0) is 13.6 Å². The second-order valence-corrected chi connectivity index (χ2v) is 4.31. The van der Waals surface area contributed by atoms with Gasteiger partial charge >= 0.3 is 8.25 Å². The Morgan fingerprint density at radius 2 is 1.05 bits per heavy atom. The van der Waals surface area contributed by atoms with E-state index < -0.39 is 8.25 Å². The van der Waals surface area contributed by atoms with Gasteiger partial charge in [-0.2, -0.15) is 21.0 Å². The quantitative estimate of drug-likeness (QED) is 0.316. The normalized spacial score (nSPS) is 9.50. The van der Waals surface area contributed by atoms with Crippen molar-refractivity contribution in [2.24, 2.45) is 0 Å². The van der Waals surface area contributed by atoms with Gasteiger partial charge in [-0.1, -0.05) is 0 Å². The van der Waals surface area contributed by atoms with Crippen LogP contribution in [0.3, 0.4) is 0 Å². The van der Waals surface area contributed by atoms with Crippen LogP contribution in [0.4, 0.5) is 0 Å². The van der Waals surface area contributed by atoms with Crippen molar-refractivity contribution in [2.75, 3.05) is 39.6 Å². The minimum absolute atomic E-state index is 0.0360. The molecule has 0 amide bonds. The van der Waals surface area contributed by atoms with Crippen LogP contribution in [0.25, 0.3) is 0 Å².